The summed E-state index contributed by atoms with van der Waals surface area (Å²) in [5.74, 6) is -1.74. The smallest absolute Gasteiger partial charge is 0.344 e. The topological polar surface area (TPSA) is 109 Å². The van der Waals surface area contributed by atoms with Crippen molar-refractivity contribution in [3.8, 4) is 0 Å². The first-order valence-electron chi connectivity index (χ1n) is 9.42. The quantitative estimate of drug-likeness (QED) is 0.634. The summed E-state index contributed by atoms with van der Waals surface area (Å²) in [5.41, 5.74) is 1.95. The molecule has 0 saturated carbocycles. The van der Waals surface area contributed by atoms with Crippen molar-refractivity contribution in [2.45, 2.75) is 25.3 Å². The van der Waals surface area contributed by atoms with Crippen LogP contribution in [0.15, 0.2) is 69.9 Å². The van der Waals surface area contributed by atoms with Crippen molar-refractivity contribution in [2.75, 3.05) is 0 Å². The fourth-order valence-electron chi connectivity index (χ4n) is 3.37. The molecule has 2 aromatic carbocycles. The van der Waals surface area contributed by atoms with E-state index in [9.17, 15) is 19.2 Å². The Bertz CT molecular complexity index is 1200. The highest BCUT2D eigenvalue weighted by molar-refractivity contribution is 6.08. The van der Waals surface area contributed by atoms with E-state index in [2.05, 4.69) is 10.7 Å². The van der Waals surface area contributed by atoms with Crippen LogP contribution in [0, 0.1) is 0 Å². The Kier molecular flexibility index (Phi) is 4.83. The summed E-state index contributed by atoms with van der Waals surface area (Å²) < 4.78 is 5.46. The van der Waals surface area contributed by atoms with Crippen molar-refractivity contribution in [3.05, 3.63) is 82.2 Å². The lowest BCUT2D eigenvalue weighted by molar-refractivity contribution is -0.132. The Morgan fingerprint density at radius 1 is 1.07 bits per heavy atom. The van der Waals surface area contributed by atoms with Crippen molar-refractivity contribution in [3.63, 3.8) is 0 Å². The minimum Gasteiger partial charge on any atom is -0.451 e. The minimum atomic E-state index is -1.16. The van der Waals surface area contributed by atoms with Gasteiger partial charge in [0, 0.05) is 6.07 Å². The Balaban J connectivity index is 1.50. The number of benzene rings is 2. The molecule has 1 atom stereocenters. The molecule has 152 valence electrons. The fraction of sp³-hybridized carbons (Fsp3) is 0.182. The van der Waals surface area contributed by atoms with Crippen molar-refractivity contribution >= 4 is 28.8 Å². The summed E-state index contributed by atoms with van der Waals surface area (Å²) in [6.45, 7) is 1.61. The minimum absolute atomic E-state index is 0.236. The van der Waals surface area contributed by atoms with Crippen LogP contribution in [0.25, 0.3) is 11.0 Å². The number of nitrogens with zero attached hydrogens (tertiary/aromatic N) is 1. The maximum absolute atomic E-state index is 12.8. The maximum atomic E-state index is 12.8. The summed E-state index contributed by atoms with van der Waals surface area (Å²) in [4.78, 5) is 49.9. The van der Waals surface area contributed by atoms with Gasteiger partial charge in [-0.25, -0.2) is 10.2 Å². The van der Waals surface area contributed by atoms with E-state index >= 15 is 0 Å². The van der Waals surface area contributed by atoms with Gasteiger partial charge in [0.2, 0.25) is 0 Å². The Labute approximate surface area is 171 Å². The van der Waals surface area contributed by atoms with Crippen LogP contribution in [0.4, 0.5) is 4.79 Å². The highest BCUT2D eigenvalue weighted by Crippen LogP contribution is 2.22. The summed E-state index contributed by atoms with van der Waals surface area (Å²) in [6.07, 6.45) is 0.934. The van der Waals surface area contributed by atoms with E-state index in [4.69, 9.17) is 4.42 Å². The molecule has 0 radical (unpaired) electrons. The van der Waals surface area contributed by atoms with Crippen LogP contribution >= 0.6 is 0 Å². The van der Waals surface area contributed by atoms with E-state index in [1.54, 1.807) is 31.2 Å². The second-order valence-electron chi connectivity index (χ2n) is 7.30. The van der Waals surface area contributed by atoms with E-state index in [-0.39, 0.29) is 11.3 Å². The molecule has 8 heteroatoms. The molecule has 0 bridgehead atoms. The second-order valence-corrected chi connectivity index (χ2v) is 7.30. The first-order valence-corrected chi connectivity index (χ1v) is 9.42. The van der Waals surface area contributed by atoms with Crippen LogP contribution in [0.5, 0.6) is 0 Å². The number of hydrazine groups is 1. The van der Waals surface area contributed by atoms with Crippen LogP contribution < -0.4 is 16.2 Å². The molecule has 3 aromatic rings. The first kappa shape index (κ1) is 19.4. The third kappa shape index (κ3) is 3.55. The van der Waals surface area contributed by atoms with Crippen molar-refractivity contribution in [1.82, 2.24) is 15.8 Å². The number of amides is 4. The average molecular weight is 405 g/mol. The zero-order chi connectivity index (χ0) is 21.3. The van der Waals surface area contributed by atoms with Crippen molar-refractivity contribution < 1.29 is 18.8 Å². The highest BCUT2D eigenvalue weighted by Gasteiger charge is 2.48. The molecule has 1 aliphatic heterocycles. The molecule has 0 aliphatic carbocycles. The molecule has 1 aromatic heterocycles. The lowest BCUT2D eigenvalue weighted by atomic mass is 9.93. The van der Waals surface area contributed by atoms with Crippen LogP contribution in [-0.2, 0) is 11.2 Å². The summed E-state index contributed by atoms with van der Waals surface area (Å²) >= 11 is 0. The van der Waals surface area contributed by atoms with Gasteiger partial charge in [0.25, 0.3) is 5.91 Å². The number of hydrogen-bond acceptors (Lipinski definition) is 5. The molecule has 4 amide bonds. The predicted octanol–water partition coefficient (Wildman–Crippen LogP) is 2.38. The van der Waals surface area contributed by atoms with Crippen molar-refractivity contribution in [2.24, 2.45) is 0 Å². The number of carbonyl (C=O) groups is 3. The number of hydrogen-bond donors (Lipinski definition) is 2. The van der Waals surface area contributed by atoms with Crippen LogP contribution in [0.2, 0.25) is 0 Å². The molecule has 2 heterocycles. The molecule has 1 aliphatic rings. The van der Waals surface area contributed by atoms with Gasteiger partial charge in [-0.05, 0) is 37.5 Å². The molecule has 1 saturated heterocycles. The molecule has 2 N–H and O–H groups in total. The van der Waals surface area contributed by atoms with Crippen LogP contribution in [0.3, 0.4) is 0 Å². The van der Waals surface area contributed by atoms with E-state index in [1.165, 1.54) is 0 Å². The summed E-state index contributed by atoms with van der Waals surface area (Å²) in [5, 5.41) is 3.59. The maximum Gasteiger partial charge on any atom is 0.344 e. The van der Waals surface area contributed by atoms with E-state index in [1.807, 2.05) is 30.3 Å². The second kappa shape index (κ2) is 7.47. The molecule has 8 nitrogen and oxygen atoms in total. The van der Waals surface area contributed by atoms with Gasteiger partial charge in [0.15, 0.2) is 11.2 Å². The van der Waals surface area contributed by atoms with E-state index in [0.717, 1.165) is 11.6 Å². The first-order chi connectivity index (χ1) is 14.4. The fourth-order valence-corrected chi connectivity index (χ4v) is 3.37. The van der Waals surface area contributed by atoms with Gasteiger partial charge in [-0.15, -0.1) is 0 Å². The molecule has 30 heavy (non-hydrogen) atoms. The lowest BCUT2D eigenvalue weighted by Gasteiger charge is -2.21. The highest BCUT2D eigenvalue weighted by atomic mass is 16.3. The zero-order valence-corrected chi connectivity index (χ0v) is 16.2. The number of rotatable bonds is 5. The van der Waals surface area contributed by atoms with E-state index in [0.29, 0.717) is 23.2 Å². The van der Waals surface area contributed by atoms with Crippen LogP contribution in [-0.4, -0.2) is 28.4 Å². The Hall–Kier alpha value is -3.94. The molecule has 0 spiro atoms. The van der Waals surface area contributed by atoms with Gasteiger partial charge in [-0.2, -0.15) is 5.01 Å². The van der Waals surface area contributed by atoms with Crippen molar-refractivity contribution in [1.29, 1.82) is 0 Å². The number of carbonyl (C=O) groups excluding carboxylic acids is 3. The largest absolute Gasteiger partial charge is 0.451 e. The van der Waals surface area contributed by atoms with E-state index < -0.39 is 28.8 Å². The SMILES string of the molecule is C[C@@]1(CCc2ccccc2)NC(=O)N(NC(=O)c2cc(=O)c3ccccc3o2)C1=O. The zero-order valence-electron chi connectivity index (χ0n) is 16.2. The monoisotopic (exact) mass is 405 g/mol. The number of fused-ring (bicyclic) bond motifs is 1. The normalized spacial score (nSPS) is 18.5. The van der Waals surface area contributed by atoms with Gasteiger partial charge >= 0.3 is 11.9 Å². The molecule has 0 unspecified atom stereocenters. The molecule has 4 rings (SSSR count). The van der Waals surface area contributed by atoms with Gasteiger partial charge in [-0.1, -0.05) is 42.5 Å². The number of imide groups is 1. The third-order valence-corrected chi connectivity index (χ3v) is 5.09. The lowest BCUT2D eigenvalue weighted by Crippen LogP contribution is -2.49. The van der Waals surface area contributed by atoms with Crippen LogP contribution in [0.1, 0.15) is 29.5 Å². The van der Waals surface area contributed by atoms with Gasteiger partial charge in [-0.3, -0.25) is 14.4 Å². The summed E-state index contributed by atoms with van der Waals surface area (Å²) in [6, 6.07) is 16.4. The summed E-state index contributed by atoms with van der Waals surface area (Å²) in [7, 11) is 0. The number of nitrogens with one attached hydrogen (secondary N) is 2. The third-order valence-electron chi connectivity index (χ3n) is 5.09. The Morgan fingerprint density at radius 2 is 1.77 bits per heavy atom. The Morgan fingerprint density at radius 3 is 2.53 bits per heavy atom. The average Bonchev–Trinajstić information content (AvgIpc) is 2.96. The number of aryl methyl sites for hydroxylation is 1. The van der Waals surface area contributed by atoms with Gasteiger partial charge in [0.1, 0.15) is 11.1 Å². The number of para-hydroxylation sites is 1. The number of urea groups is 1. The molecular weight excluding hydrogens is 386 g/mol. The van der Waals surface area contributed by atoms with Gasteiger partial charge < -0.3 is 9.73 Å². The molecule has 1 fully saturated rings. The predicted molar refractivity (Wildman–Crippen MR) is 108 cm³/mol. The molecular formula is C22H19N3O5. The van der Waals surface area contributed by atoms with Gasteiger partial charge in [0.05, 0.1) is 5.39 Å². The standard InChI is InChI=1S/C22H19N3O5/c1-22(12-11-14-7-3-2-4-8-14)20(28)25(21(29)23-22)24-19(27)18-13-16(26)15-9-5-6-10-17(15)30-18/h2-10,13H,11-12H2,1H3,(H,23,29)(H,24,27)/t22-/m0/s1.